The van der Waals surface area contributed by atoms with E-state index >= 15 is 0 Å². The van der Waals surface area contributed by atoms with Crippen LogP contribution in [0.2, 0.25) is 21.7 Å². The minimum atomic E-state index is -2.66. The lowest BCUT2D eigenvalue weighted by molar-refractivity contribution is -0.0846. The van der Waals surface area contributed by atoms with Gasteiger partial charge in [0.1, 0.15) is 0 Å². The third kappa shape index (κ3) is 6.14. The van der Waals surface area contributed by atoms with Gasteiger partial charge in [-0.05, 0) is 106 Å². The summed E-state index contributed by atoms with van der Waals surface area (Å²) >= 11 is 0. The summed E-state index contributed by atoms with van der Waals surface area (Å²) < 4.78 is 15.7. The fourth-order valence-electron chi connectivity index (χ4n) is 11.8. The van der Waals surface area contributed by atoms with Crippen LogP contribution >= 0.6 is 0 Å². The SMILES string of the molecule is CC=C(C)[C@H]1[C@@H](CO[Si](c2ccccc2)(c2ccccc2)C(C)(C)C)[C@H]2[C@H]([C@@H](O[Si](C(C)C)(C(C)C)C(C)C)CC[C@@H]2C)[C@H]2C[C@]21C. The van der Waals surface area contributed by atoms with Crippen molar-refractivity contribution in [2.24, 2.45) is 40.9 Å². The molecule has 0 saturated heterocycles. The van der Waals surface area contributed by atoms with Gasteiger partial charge >= 0.3 is 0 Å². The van der Waals surface area contributed by atoms with Crippen LogP contribution < -0.4 is 10.4 Å². The third-order valence-electron chi connectivity index (χ3n) is 13.8. The Morgan fingerprint density at radius 1 is 0.851 bits per heavy atom. The molecule has 260 valence electrons. The Morgan fingerprint density at radius 3 is 1.81 bits per heavy atom. The first-order chi connectivity index (χ1) is 22.1. The second-order valence-electron chi connectivity index (χ2n) is 18.1. The van der Waals surface area contributed by atoms with Crippen LogP contribution in [0, 0.1) is 40.9 Å². The van der Waals surface area contributed by atoms with E-state index in [1.54, 1.807) is 5.57 Å². The van der Waals surface area contributed by atoms with Gasteiger partial charge in [0.05, 0.1) is 0 Å². The van der Waals surface area contributed by atoms with E-state index in [1.807, 2.05) is 0 Å². The second kappa shape index (κ2) is 13.7. The van der Waals surface area contributed by atoms with Crippen molar-refractivity contribution in [1.29, 1.82) is 0 Å². The highest BCUT2D eigenvalue weighted by Crippen LogP contribution is 2.73. The molecule has 47 heavy (non-hydrogen) atoms. The van der Waals surface area contributed by atoms with Crippen LogP contribution in [0.15, 0.2) is 72.3 Å². The van der Waals surface area contributed by atoms with Crippen LogP contribution in [0.5, 0.6) is 0 Å². The highest BCUT2D eigenvalue weighted by Gasteiger charge is 2.69. The van der Waals surface area contributed by atoms with Crippen molar-refractivity contribution in [2.45, 2.75) is 137 Å². The molecule has 0 aliphatic heterocycles. The van der Waals surface area contributed by atoms with Crippen LogP contribution in [-0.2, 0) is 8.85 Å². The Balaban J connectivity index is 1.61. The second-order valence-corrected chi connectivity index (χ2v) is 27.9. The molecule has 0 N–H and O–H groups in total. The fraction of sp³-hybridized carbons (Fsp3) is 0.674. The summed E-state index contributed by atoms with van der Waals surface area (Å²) in [5.74, 6) is 3.71. The summed E-state index contributed by atoms with van der Waals surface area (Å²) in [6.45, 7) is 32.8. The minimum absolute atomic E-state index is 0.0260. The first kappa shape index (κ1) is 36.8. The maximum Gasteiger partial charge on any atom is 0.261 e. The molecule has 2 nitrogen and oxygen atoms in total. The molecule has 2 aromatic carbocycles. The van der Waals surface area contributed by atoms with Crippen LogP contribution in [-0.4, -0.2) is 29.3 Å². The molecule has 3 saturated carbocycles. The van der Waals surface area contributed by atoms with Crippen LogP contribution in [0.4, 0.5) is 0 Å². The molecule has 0 spiro atoms. The average Bonchev–Trinajstić information content (AvgIpc) is 3.72. The molecule has 0 unspecified atom stereocenters. The first-order valence-electron chi connectivity index (χ1n) is 19.1. The zero-order valence-electron chi connectivity index (χ0n) is 32.3. The Kier molecular flexibility index (Phi) is 10.7. The summed E-state index contributed by atoms with van der Waals surface area (Å²) in [5, 5.41) is 2.75. The lowest BCUT2D eigenvalue weighted by Gasteiger charge is -2.57. The van der Waals surface area contributed by atoms with Gasteiger partial charge in [0.15, 0.2) is 0 Å². The zero-order valence-corrected chi connectivity index (χ0v) is 34.3. The van der Waals surface area contributed by atoms with Gasteiger partial charge in [-0.2, -0.15) is 0 Å². The Bertz CT molecular complexity index is 1300. The van der Waals surface area contributed by atoms with E-state index < -0.39 is 16.6 Å². The molecule has 4 heteroatoms. The number of benzene rings is 2. The fourth-order valence-corrected chi connectivity index (χ4v) is 22.0. The summed E-state index contributed by atoms with van der Waals surface area (Å²) in [6, 6.07) is 22.6. The Morgan fingerprint density at radius 2 is 1.36 bits per heavy atom. The third-order valence-corrected chi connectivity index (χ3v) is 24.9. The number of fused-ring (bicyclic) bond motifs is 3. The molecule has 3 aliphatic rings. The summed E-state index contributed by atoms with van der Waals surface area (Å²) in [5.41, 5.74) is 3.74. The maximum atomic E-state index is 7.87. The summed E-state index contributed by atoms with van der Waals surface area (Å²) in [7, 11) is -4.68. The highest BCUT2D eigenvalue weighted by molar-refractivity contribution is 6.99. The predicted molar refractivity (Wildman–Crippen MR) is 207 cm³/mol. The summed E-state index contributed by atoms with van der Waals surface area (Å²) in [6.07, 6.45) is 6.64. The summed E-state index contributed by atoms with van der Waals surface area (Å²) in [4.78, 5) is 0. The van der Waals surface area contributed by atoms with Gasteiger partial charge in [-0.25, -0.2) is 0 Å². The van der Waals surface area contributed by atoms with E-state index in [4.69, 9.17) is 8.85 Å². The van der Waals surface area contributed by atoms with Crippen LogP contribution in [0.3, 0.4) is 0 Å². The van der Waals surface area contributed by atoms with Gasteiger partial charge in [0.2, 0.25) is 8.32 Å². The Labute approximate surface area is 291 Å². The van der Waals surface area contributed by atoms with Crippen LogP contribution in [0.1, 0.15) is 109 Å². The molecule has 8 atom stereocenters. The molecule has 2 aromatic rings. The van der Waals surface area contributed by atoms with E-state index in [0.717, 1.165) is 12.5 Å². The predicted octanol–water partition coefficient (Wildman–Crippen LogP) is 11.0. The number of rotatable bonds is 11. The molecular formula is C43H68O2Si2. The molecule has 3 aliphatic carbocycles. The van der Waals surface area contributed by atoms with E-state index in [2.05, 4.69) is 157 Å². The van der Waals surface area contributed by atoms with E-state index in [9.17, 15) is 0 Å². The van der Waals surface area contributed by atoms with Crippen molar-refractivity contribution >= 4 is 27.0 Å². The van der Waals surface area contributed by atoms with Gasteiger partial charge in [0, 0.05) is 12.7 Å². The largest absolute Gasteiger partial charge is 0.413 e. The average molecular weight is 673 g/mol. The monoisotopic (exact) mass is 672 g/mol. The molecule has 0 amide bonds. The van der Waals surface area contributed by atoms with Gasteiger partial charge in [-0.1, -0.05) is 148 Å². The quantitative estimate of drug-likeness (QED) is 0.175. The first-order valence-corrected chi connectivity index (χ1v) is 23.2. The molecule has 0 aromatic heterocycles. The van der Waals surface area contributed by atoms with Crippen LogP contribution in [0.25, 0.3) is 0 Å². The van der Waals surface area contributed by atoms with Gasteiger partial charge < -0.3 is 8.85 Å². The number of allylic oxidation sites excluding steroid dienone is 2. The molecule has 3 fully saturated rings. The van der Waals surface area contributed by atoms with Gasteiger partial charge in [-0.3, -0.25) is 0 Å². The van der Waals surface area contributed by atoms with Crippen molar-refractivity contribution in [1.82, 2.24) is 0 Å². The number of hydrogen-bond donors (Lipinski definition) is 0. The number of hydrogen-bond acceptors (Lipinski definition) is 2. The lowest BCUT2D eigenvalue weighted by atomic mass is 9.53. The van der Waals surface area contributed by atoms with Crippen molar-refractivity contribution in [3.63, 3.8) is 0 Å². The highest BCUT2D eigenvalue weighted by atomic mass is 28.4. The molecule has 0 radical (unpaired) electrons. The molecule has 0 heterocycles. The van der Waals surface area contributed by atoms with Gasteiger partial charge in [-0.15, -0.1) is 0 Å². The molecule has 0 bridgehead atoms. The normalized spacial score (nSPS) is 31.7. The smallest absolute Gasteiger partial charge is 0.261 e. The van der Waals surface area contributed by atoms with E-state index in [1.165, 1.54) is 29.6 Å². The lowest BCUT2D eigenvalue weighted by Crippen LogP contribution is -2.67. The van der Waals surface area contributed by atoms with Gasteiger partial charge in [0.25, 0.3) is 8.32 Å². The molecular weight excluding hydrogens is 605 g/mol. The maximum absolute atomic E-state index is 7.87. The Hall–Kier alpha value is -1.47. The molecule has 5 rings (SSSR count). The standard InChI is InChI=1S/C43H68O2Si2/c1-14-32(8)41-36(28-44-47(42(10,11)12,34-21-17-15-18-22-34)35-23-19-16-20-24-35)39-33(9)25-26-38(40(39)37-27-43(37,41)13)45-46(29(2)3,30(4)5)31(6)7/h14-24,29-31,33,36-41H,25-28H2,1-13H3/t33-,36-,37+,38-,39-,40-,41-,43+/m0/s1. The minimum Gasteiger partial charge on any atom is -0.413 e. The van der Waals surface area contributed by atoms with Crippen molar-refractivity contribution in [3.8, 4) is 0 Å². The van der Waals surface area contributed by atoms with Crippen molar-refractivity contribution in [3.05, 3.63) is 72.3 Å². The van der Waals surface area contributed by atoms with Crippen molar-refractivity contribution in [2.75, 3.05) is 6.61 Å². The van der Waals surface area contributed by atoms with E-state index in [0.29, 0.717) is 57.7 Å². The van der Waals surface area contributed by atoms with Crippen molar-refractivity contribution < 1.29 is 8.85 Å². The van der Waals surface area contributed by atoms with E-state index in [-0.39, 0.29) is 5.04 Å². The zero-order chi connectivity index (χ0) is 34.5. The topological polar surface area (TPSA) is 18.5 Å².